The third-order valence-electron chi connectivity index (χ3n) is 3.36. The molecule has 4 heteroatoms. The van der Waals surface area contributed by atoms with Crippen molar-refractivity contribution in [2.75, 3.05) is 13.2 Å². The van der Waals surface area contributed by atoms with E-state index in [1.165, 1.54) is 6.26 Å². The van der Waals surface area contributed by atoms with Gasteiger partial charge in [-0.3, -0.25) is 4.79 Å². The molecule has 0 unspecified atom stereocenters. The Morgan fingerprint density at radius 2 is 1.65 bits per heavy atom. The van der Waals surface area contributed by atoms with Gasteiger partial charge in [0.25, 0.3) is 5.91 Å². The normalized spacial score (nSPS) is 10.3. The van der Waals surface area contributed by atoms with Crippen LogP contribution in [0.15, 0.2) is 77.4 Å². The van der Waals surface area contributed by atoms with Crippen LogP contribution in [-0.4, -0.2) is 19.1 Å². The van der Waals surface area contributed by atoms with Crippen LogP contribution in [-0.2, 0) is 0 Å². The molecule has 23 heavy (non-hydrogen) atoms. The minimum atomic E-state index is -0.245. The van der Waals surface area contributed by atoms with E-state index in [1.54, 1.807) is 6.07 Å². The lowest BCUT2D eigenvalue weighted by Crippen LogP contribution is -2.28. The first-order valence-corrected chi connectivity index (χ1v) is 7.43. The number of furan rings is 1. The third kappa shape index (κ3) is 3.80. The van der Waals surface area contributed by atoms with Crippen LogP contribution in [0.4, 0.5) is 0 Å². The number of para-hydroxylation sites is 1. The van der Waals surface area contributed by atoms with Gasteiger partial charge in [-0.1, -0.05) is 48.5 Å². The van der Waals surface area contributed by atoms with Crippen molar-refractivity contribution in [1.29, 1.82) is 0 Å². The molecular formula is C19H17NO3. The molecule has 1 aromatic heterocycles. The standard InChI is InChI=1S/C19H17NO3/c21-19(20-12-14-22-16-9-5-2-6-10-16)18-17(11-13-23-18)15-7-3-1-4-8-15/h1-11,13H,12,14H2,(H,20,21). The van der Waals surface area contributed by atoms with E-state index >= 15 is 0 Å². The number of ether oxygens (including phenoxy) is 1. The van der Waals surface area contributed by atoms with Crippen LogP contribution in [0.1, 0.15) is 10.6 Å². The molecule has 0 saturated heterocycles. The Morgan fingerprint density at radius 3 is 2.39 bits per heavy atom. The number of hydrogen-bond acceptors (Lipinski definition) is 3. The number of amides is 1. The van der Waals surface area contributed by atoms with Gasteiger partial charge in [-0.2, -0.15) is 0 Å². The quantitative estimate of drug-likeness (QED) is 0.706. The first kappa shape index (κ1) is 14.9. The number of rotatable bonds is 6. The van der Waals surface area contributed by atoms with Crippen molar-refractivity contribution < 1.29 is 13.9 Å². The van der Waals surface area contributed by atoms with E-state index in [0.29, 0.717) is 18.9 Å². The molecule has 1 N–H and O–H groups in total. The molecule has 3 rings (SSSR count). The second-order valence-corrected chi connectivity index (χ2v) is 4.95. The monoisotopic (exact) mass is 307 g/mol. The van der Waals surface area contributed by atoms with Crippen molar-refractivity contribution >= 4 is 5.91 Å². The topological polar surface area (TPSA) is 51.5 Å². The highest BCUT2D eigenvalue weighted by Crippen LogP contribution is 2.24. The van der Waals surface area contributed by atoms with E-state index in [9.17, 15) is 4.79 Å². The summed E-state index contributed by atoms with van der Waals surface area (Å²) in [6.07, 6.45) is 1.53. The van der Waals surface area contributed by atoms with Crippen LogP contribution in [0.3, 0.4) is 0 Å². The lowest BCUT2D eigenvalue weighted by molar-refractivity contribution is 0.0920. The highest BCUT2D eigenvalue weighted by Gasteiger charge is 2.16. The number of benzene rings is 2. The van der Waals surface area contributed by atoms with Gasteiger partial charge in [0.15, 0.2) is 5.76 Å². The van der Waals surface area contributed by atoms with Crippen LogP contribution in [0.2, 0.25) is 0 Å². The number of carbonyl (C=O) groups is 1. The van der Waals surface area contributed by atoms with Gasteiger partial charge in [0, 0.05) is 5.56 Å². The zero-order valence-corrected chi connectivity index (χ0v) is 12.6. The molecule has 1 heterocycles. The molecule has 0 aliphatic rings. The van der Waals surface area contributed by atoms with Gasteiger partial charge in [-0.05, 0) is 23.8 Å². The van der Waals surface area contributed by atoms with Crippen molar-refractivity contribution in [2.24, 2.45) is 0 Å². The van der Waals surface area contributed by atoms with E-state index in [-0.39, 0.29) is 5.91 Å². The average molecular weight is 307 g/mol. The minimum absolute atomic E-state index is 0.245. The highest BCUT2D eigenvalue weighted by molar-refractivity contribution is 5.98. The SMILES string of the molecule is O=C(NCCOc1ccccc1)c1occc1-c1ccccc1. The number of nitrogens with one attached hydrogen (secondary N) is 1. The summed E-state index contributed by atoms with van der Waals surface area (Å²) < 4.78 is 10.9. The molecule has 0 saturated carbocycles. The Bertz CT molecular complexity index is 751. The van der Waals surface area contributed by atoms with Gasteiger partial charge in [0.2, 0.25) is 0 Å². The molecule has 3 aromatic rings. The van der Waals surface area contributed by atoms with Crippen molar-refractivity contribution in [3.8, 4) is 16.9 Å². The predicted molar refractivity (Wildman–Crippen MR) is 88.4 cm³/mol. The maximum Gasteiger partial charge on any atom is 0.287 e. The predicted octanol–water partition coefficient (Wildman–Crippen LogP) is 3.76. The van der Waals surface area contributed by atoms with Gasteiger partial charge in [-0.15, -0.1) is 0 Å². The highest BCUT2D eigenvalue weighted by atomic mass is 16.5. The molecule has 4 nitrogen and oxygen atoms in total. The fourth-order valence-electron chi connectivity index (χ4n) is 2.26. The molecule has 0 aliphatic carbocycles. The fraction of sp³-hybridized carbons (Fsp3) is 0.105. The summed E-state index contributed by atoms with van der Waals surface area (Å²) in [5, 5.41) is 2.81. The summed E-state index contributed by atoms with van der Waals surface area (Å²) in [5.41, 5.74) is 1.74. The molecule has 1 amide bonds. The van der Waals surface area contributed by atoms with E-state index in [4.69, 9.17) is 9.15 Å². The second-order valence-electron chi connectivity index (χ2n) is 4.95. The third-order valence-corrected chi connectivity index (χ3v) is 3.36. The zero-order chi connectivity index (χ0) is 15.9. The van der Waals surface area contributed by atoms with E-state index in [2.05, 4.69) is 5.32 Å². The first-order valence-electron chi connectivity index (χ1n) is 7.43. The Balaban J connectivity index is 1.56. The molecule has 0 spiro atoms. The van der Waals surface area contributed by atoms with Gasteiger partial charge in [0.05, 0.1) is 12.8 Å². The van der Waals surface area contributed by atoms with Crippen LogP contribution >= 0.6 is 0 Å². The molecule has 2 aromatic carbocycles. The van der Waals surface area contributed by atoms with Crippen LogP contribution in [0, 0.1) is 0 Å². The second kappa shape index (κ2) is 7.31. The lowest BCUT2D eigenvalue weighted by atomic mass is 10.1. The number of hydrogen-bond donors (Lipinski definition) is 1. The van der Waals surface area contributed by atoms with Crippen LogP contribution in [0.5, 0.6) is 5.75 Å². The molecular weight excluding hydrogens is 290 g/mol. The summed E-state index contributed by atoms with van der Waals surface area (Å²) in [5.74, 6) is 0.853. The summed E-state index contributed by atoms with van der Waals surface area (Å²) in [4.78, 5) is 12.3. The van der Waals surface area contributed by atoms with Gasteiger partial charge in [-0.25, -0.2) is 0 Å². The maximum atomic E-state index is 12.3. The van der Waals surface area contributed by atoms with Crippen molar-refractivity contribution in [2.45, 2.75) is 0 Å². The minimum Gasteiger partial charge on any atom is -0.492 e. The largest absolute Gasteiger partial charge is 0.492 e. The molecule has 0 aliphatic heterocycles. The van der Waals surface area contributed by atoms with Crippen molar-refractivity contribution in [1.82, 2.24) is 5.32 Å². The smallest absolute Gasteiger partial charge is 0.287 e. The summed E-state index contributed by atoms with van der Waals surface area (Å²) in [6.45, 7) is 0.805. The first-order chi connectivity index (χ1) is 11.3. The van der Waals surface area contributed by atoms with Crippen molar-refractivity contribution in [3.63, 3.8) is 0 Å². The molecule has 116 valence electrons. The summed E-state index contributed by atoms with van der Waals surface area (Å²) in [7, 11) is 0. The molecule has 0 atom stereocenters. The summed E-state index contributed by atoms with van der Waals surface area (Å²) in [6, 6.07) is 21.0. The number of carbonyl (C=O) groups excluding carboxylic acids is 1. The van der Waals surface area contributed by atoms with Gasteiger partial charge >= 0.3 is 0 Å². The van der Waals surface area contributed by atoms with E-state index in [0.717, 1.165) is 16.9 Å². The summed E-state index contributed by atoms with van der Waals surface area (Å²) >= 11 is 0. The maximum absolute atomic E-state index is 12.3. The average Bonchev–Trinajstić information content (AvgIpc) is 3.10. The molecule has 0 fully saturated rings. The van der Waals surface area contributed by atoms with Gasteiger partial charge in [0.1, 0.15) is 12.4 Å². The van der Waals surface area contributed by atoms with E-state index in [1.807, 2.05) is 60.7 Å². The van der Waals surface area contributed by atoms with Gasteiger partial charge < -0.3 is 14.5 Å². The Morgan fingerprint density at radius 1 is 0.957 bits per heavy atom. The van der Waals surface area contributed by atoms with Crippen LogP contribution in [0.25, 0.3) is 11.1 Å². The molecule has 0 radical (unpaired) electrons. The fourth-order valence-corrected chi connectivity index (χ4v) is 2.26. The Kier molecular flexibility index (Phi) is 4.74. The van der Waals surface area contributed by atoms with Crippen molar-refractivity contribution in [3.05, 3.63) is 78.8 Å². The Hall–Kier alpha value is -3.01. The lowest BCUT2D eigenvalue weighted by Gasteiger charge is -2.07. The zero-order valence-electron chi connectivity index (χ0n) is 12.6. The van der Waals surface area contributed by atoms with E-state index < -0.39 is 0 Å². The molecule has 0 bridgehead atoms. The Labute approximate surface area is 134 Å². The van der Waals surface area contributed by atoms with Crippen LogP contribution < -0.4 is 10.1 Å².